The number of nitrogens with zero attached hydrogens (tertiary/aromatic N) is 5. The second-order valence-electron chi connectivity index (χ2n) is 8.14. The lowest BCUT2D eigenvalue weighted by molar-refractivity contribution is -0.141. The summed E-state index contributed by atoms with van der Waals surface area (Å²) in [6.45, 7) is 0.544. The van der Waals surface area contributed by atoms with Gasteiger partial charge in [0, 0.05) is 11.1 Å². The number of aromatic nitrogens is 5. The van der Waals surface area contributed by atoms with Crippen LogP contribution in [0.2, 0.25) is 0 Å². The highest BCUT2D eigenvalue weighted by atomic mass is 19.4. The average molecular weight is 492 g/mol. The van der Waals surface area contributed by atoms with E-state index in [1.807, 2.05) is 30.3 Å². The molecule has 0 fully saturated rings. The number of amides is 1. The van der Waals surface area contributed by atoms with Crippen LogP contribution in [0.5, 0.6) is 0 Å². The molecule has 0 atom stereocenters. The summed E-state index contributed by atoms with van der Waals surface area (Å²) in [6.07, 6.45) is -4.62. The van der Waals surface area contributed by atoms with Crippen LogP contribution in [-0.2, 0) is 19.3 Å². The third-order valence-corrected chi connectivity index (χ3v) is 5.71. The summed E-state index contributed by atoms with van der Waals surface area (Å²) in [7, 11) is 0. The Kier molecular flexibility index (Phi) is 5.98. The molecule has 0 aliphatic carbocycles. The summed E-state index contributed by atoms with van der Waals surface area (Å²) in [5.41, 5.74) is 4.47. The van der Waals surface area contributed by atoms with Gasteiger partial charge < -0.3 is 0 Å². The van der Waals surface area contributed by atoms with E-state index in [0.717, 1.165) is 17.1 Å². The van der Waals surface area contributed by atoms with Crippen molar-refractivity contribution in [1.29, 1.82) is 0 Å². The highest BCUT2D eigenvalue weighted by Gasteiger charge is 2.35. The van der Waals surface area contributed by atoms with E-state index in [0.29, 0.717) is 23.2 Å². The number of hydrogen-bond acceptors (Lipinski definition) is 5. The quantitative estimate of drug-likeness (QED) is 0.268. The van der Waals surface area contributed by atoms with Gasteiger partial charge in [0.1, 0.15) is 5.52 Å². The largest absolute Gasteiger partial charge is 0.435 e. The predicted octanol–water partition coefficient (Wildman–Crippen LogP) is 4.53. The van der Waals surface area contributed by atoms with Crippen LogP contribution in [0.1, 0.15) is 27.2 Å². The summed E-state index contributed by atoms with van der Waals surface area (Å²) in [6, 6.07) is 22.0. The minimum atomic E-state index is -4.62. The summed E-state index contributed by atoms with van der Waals surface area (Å²) >= 11 is 0. The summed E-state index contributed by atoms with van der Waals surface area (Å²) in [5.74, 6) is -0.686. The molecule has 3 aromatic carbocycles. The second-order valence-corrected chi connectivity index (χ2v) is 8.14. The first-order valence-corrected chi connectivity index (χ1v) is 10.9. The van der Waals surface area contributed by atoms with Crippen LogP contribution in [-0.4, -0.2) is 35.9 Å². The molecule has 0 spiro atoms. The zero-order valence-electron chi connectivity index (χ0n) is 18.6. The maximum atomic E-state index is 13.5. The van der Waals surface area contributed by atoms with Gasteiger partial charge in [-0.2, -0.15) is 18.3 Å². The molecular formula is C25H19F3N6O2. The Balaban J connectivity index is 1.49. The first kappa shape index (κ1) is 23.2. The standard InChI is InChI=1S/C25H19F3N6O2/c26-25(27,28)23-13-22(33(30-23)14-17-6-8-18(9-7-17)24(35)31-36)19-10-11-21-20(12-19)29-32-34(21)15-16-4-2-1-3-5-16/h1-13,36H,14-15H2,(H,31,35). The van der Waals surface area contributed by atoms with Crippen molar-refractivity contribution in [2.45, 2.75) is 19.3 Å². The van der Waals surface area contributed by atoms with Gasteiger partial charge in [0.2, 0.25) is 0 Å². The van der Waals surface area contributed by atoms with Crippen LogP contribution in [0.25, 0.3) is 22.3 Å². The molecule has 0 saturated heterocycles. The van der Waals surface area contributed by atoms with E-state index >= 15 is 0 Å². The fourth-order valence-corrected chi connectivity index (χ4v) is 3.91. The number of rotatable bonds is 6. The Bertz CT molecular complexity index is 1530. The van der Waals surface area contributed by atoms with E-state index in [1.165, 1.54) is 22.3 Å². The van der Waals surface area contributed by atoms with Gasteiger partial charge in [-0.3, -0.25) is 14.7 Å². The van der Waals surface area contributed by atoms with Gasteiger partial charge in [0.25, 0.3) is 5.91 Å². The normalized spacial score (nSPS) is 11.7. The molecule has 2 aromatic heterocycles. The smallest absolute Gasteiger partial charge is 0.288 e. The van der Waals surface area contributed by atoms with Crippen LogP contribution in [0.3, 0.4) is 0 Å². The van der Waals surface area contributed by atoms with Gasteiger partial charge in [-0.1, -0.05) is 53.7 Å². The monoisotopic (exact) mass is 492 g/mol. The van der Waals surface area contributed by atoms with Gasteiger partial charge in [0.05, 0.1) is 24.3 Å². The van der Waals surface area contributed by atoms with Gasteiger partial charge in [-0.05, 0) is 41.5 Å². The van der Waals surface area contributed by atoms with E-state index in [4.69, 9.17) is 5.21 Å². The van der Waals surface area contributed by atoms with E-state index in [2.05, 4.69) is 15.4 Å². The molecule has 0 aliphatic rings. The summed E-state index contributed by atoms with van der Waals surface area (Å²) in [4.78, 5) is 11.5. The highest BCUT2D eigenvalue weighted by Crippen LogP contribution is 2.33. The minimum Gasteiger partial charge on any atom is -0.288 e. The molecule has 1 amide bonds. The van der Waals surface area contributed by atoms with Crippen LogP contribution in [0.15, 0.2) is 78.9 Å². The van der Waals surface area contributed by atoms with Crippen molar-refractivity contribution in [3.8, 4) is 11.3 Å². The molecule has 2 heterocycles. The molecule has 0 aliphatic heterocycles. The third kappa shape index (κ3) is 4.68. The average Bonchev–Trinajstić information content (AvgIpc) is 3.49. The molecule has 0 saturated carbocycles. The van der Waals surface area contributed by atoms with E-state index < -0.39 is 17.8 Å². The Morgan fingerprint density at radius 2 is 1.58 bits per heavy atom. The number of carbonyl (C=O) groups excluding carboxylic acids is 1. The first-order chi connectivity index (χ1) is 17.3. The van der Waals surface area contributed by atoms with Crippen LogP contribution in [0, 0.1) is 0 Å². The van der Waals surface area contributed by atoms with Crippen LogP contribution >= 0.6 is 0 Å². The maximum Gasteiger partial charge on any atom is 0.435 e. The number of alkyl halides is 3. The van der Waals surface area contributed by atoms with Crippen molar-refractivity contribution in [3.63, 3.8) is 0 Å². The lowest BCUT2D eigenvalue weighted by atomic mass is 10.1. The van der Waals surface area contributed by atoms with E-state index in [-0.39, 0.29) is 17.8 Å². The number of hydrogen-bond donors (Lipinski definition) is 2. The Hall–Kier alpha value is -4.51. The van der Waals surface area contributed by atoms with E-state index in [9.17, 15) is 18.0 Å². The Labute approximate surface area is 202 Å². The fourth-order valence-electron chi connectivity index (χ4n) is 3.91. The molecule has 11 heteroatoms. The van der Waals surface area contributed by atoms with Gasteiger partial charge in [0.15, 0.2) is 5.69 Å². The zero-order chi connectivity index (χ0) is 25.3. The zero-order valence-corrected chi connectivity index (χ0v) is 18.6. The van der Waals surface area contributed by atoms with E-state index in [1.54, 1.807) is 35.0 Å². The molecule has 0 bridgehead atoms. The number of benzene rings is 3. The maximum absolute atomic E-state index is 13.5. The minimum absolute atomic E-state index is 0.0329. The summed E-state index contributed by atoms with van der Waals surface area (Å²) < 4.78 is 43.5. The van der Waals surface area contributed by atoms with Crippen molar-refractivity contribution < 1.29 is 23.2 Å². The van der Waals surface area contributed by atoms with Gasteiger partial charge in [-0.25, -0.2) is 10.2 Å². The number of halogens is 3. The highest BCUT2D eigenvalue weighted by molar-refractivity contribution is 5.93. The first-order valence-electron chi connectivity index (χ1n) is 10.9. The van der Waals surface area contributed by atoms with Crippen molar-refractivity contribution in [2.75, 3.05) is 0 Å². The van der Waals surface area contributed by atoms with Crippen molar-refractivity contribution >= 4 is 16.9 Å². The SMILES string of the molecule is O=C(NO)c1ccc(Cn2nc(C(F)(F)F)cc2-c2ccc3c(c2)nnn3Cc2ccccc2)cc1. The molecule has 5 aromatic rings. The van der Waals surface area contributed by atoms with Crippen LogP contribution in [0.4, 0.5) is 13.2 Å². The lowest BCUT2D eigenvalue weighted by Gasteiger charge is -2.09. The molecule has 182 valence electrons. The van der Waals surface area contributed by atoms with Gasteiger partial charge >= 0.3 is 6.18 Å². The molecule has 36 heavy (non-hydrogen) atoms. The second kappa shape index (κ2) is 9.27. The predicted molar refractivity (Wildman–Crippen MR) is 124 cm³/mol. The molecule has 0 radical (unpaired) electrons. The number of nitrogens with one attached hydrogen (secondary N) is 1. The van der Waals surface area contributed by atoms with Crippen molar-refractivity contribution in [2.24, 2.45) is 0 Å². The number of carbonyl (C=O) groups is 1. The van der Waals surface area contributed by atoms with Crippen LogP contribution < -0.4 is 5.48 Å². The van der Waals surface area contributed by atoms with Gasteiger partial charge in [-0.15, -0.1) is 5.10 Å². The number of hydroxylamine groups is 1. The topological polar surface area (TPSA) is 97.9 Å². The number of fused-ring (bicyclic) bond motifs is 1. The lowest BCUT2D eigenvalue weighted by Crippen LogP contribution is -2.18. The third-order valence-electron chi connectivity index (χ3n) is 5.71. The van der Waals surface area contributed by atoms with Crippen molar-refractivity contribution in [3.05, 3.63) is 101 Å². The molecular weight excluding hydrogens is 473 g/mol. The Morgan fingerprint density at radius 3 is 2.28 bits per heavy atom. The molecule has 5 rings (SSSR count). The van der Waals surface area contributed by atoms with Crippen molar-refractivity contribution in [1.82, 2.24) is 30.3 Å². The molecule has 0 unspecified atom stereocenters. The summed E-state index contributed by atoms with van der Waals surface area (Å²) in [5, 5.41) is 21.0. The Morgan fingerprint density at radius 1 is 0.889 bits per heavy atom. The molecule has 2 N–H and O–H groups in total. The fraction of sp³-hybridized carbons (Fsp3) is 0.120. The molecule has 8 nitrogen and oxygen atoms in total.